The van der Waals surface area contributed by atoms with E-state index in [1.54, 1.807) is 5.38 Å². The zero-order valence-electron chi connectivity index (χ0n) is 15.2. The van der Waals surface area contributed by atoms with Gasteiger partial charge in [-0.1, -0.05) is 11.7 Å². The van der Waals surface area contributed by atoms with Crippen LogP contribution in [0.3, 0.4) is 0 Å². The summed E-state index contributed by atoms with van der Waals surface area (Å²) in [6.45, 7) is 3.70. The minimum atomic E-state index is -1.16. The van der Waals surface area contributed by atoms with E-state index in [1.807, 2.05) is 0 Å². The van der Waals surface area contributed by atoms with Crippen molar-refractivity contribution in [2.75, 3.05) is 11.6 Å². The maximum atomic E-state index is 12.3. The first kappa shape index (κ1) is 22.1. The minimum absolute atomic E-state index is 0.294. The number of fused-ring (bicyclic) bond motifs is 1. The molecule has 30 heavy (non-hydrogen) atoms. The topological polar surface area (TPSA) is 150 Å². The number of alkyl halides is 1. The molecule has 0 saturated carbocycles. The first-order chi connectivity index (χ1) is 14.3. The number of thioether (sulfide) groups is 1. The first-order valence-electron chi connectivity index (χ1n) is 8.40. The van der Waals surface area contributed by atoms with Crippen molar-refractivity contribution < 1.29 is 29.1 Å². The van der Waals surface area contributed by atoms with Gasteiger partial charge in [-0.2, -0.15) is 0 Å². The molecule has 0 bridgehead atoms. The number of aliphatic carboxylic acids is 1. The van der Waals surface area contributed by atoms with Crippen LogP contribution in [0.25, 0.3) is 0 Å². The lowest BCUT2D eigenvalue weighted by molar-refractivity contribution is -0.159. The Hall–Kier alpha value is -2.64. The van der Waals surface area contributed by atoms with Crippen molar-refractivity contribution >= 4 is 64.6 Å². The second-order valence-electron chi connectivity index (χ2n) is 6.17. The highest BCUT2D eigenvalue weighted by Gasteiger charge is 2.56. The Kier molecular flexibility index (Phi) is 6.95. The highest BCUT2D eigenvalue weighted by atomic mass is 35.5. The van der Waals surface area contributed by atoms with Crippen molar-refractivity contribution in [3.05, 3.63) is 28.7 Å². The Balaban J connectivity index is 1.57. The molecule has 3 N–H and O–H groups in total. The smallest absolute Gasteiger partial charge is 0.330 e. The number of oxime groups is 1. The summed E-state index contributed by atoms with van der Waals surface area (Å²) in [4.78, 5) is 57.7. The quantitative estimate of drug-likeness (QED) is 0.118. The molecule has 2 aliphatic heterocycles. The molecule has 2 fully saturated rings. The molecule has 0 spiro atoms. The summed E-state index contributed by atoms with van der Waals surface area (Å²) in [5, 5.41) is 18.9. The number of carbonyl (C=O) groups excluding carboxylic acids is 3. The van der Waals surface area contributed by atoms with E-state index in [4.69, 9.17) is 16.4 Å². The van der Waals surface area contributed by atoms with Crippen LogP contribution < -0.4 is 10.6 Å². The Morgan fingerprint density at radius 1 is 1.53 bits per heavy atom. The molecule has 1 aromatic rings. The van der Waals surface area contributed by atoms with E-state index in [0.717, 1.165) is 6.21 Å². The van der Waals surface area contributed by atoms with Gasteiger partial charge in [-0.3, -0.25) is 14.4 Å². The highest BCUT2D eigenvalue weighted by Crippen LogP contribution is 2.39. The van der Waals surface area contributed by atoms with Crippen molar-refractivity contribution in [1.82, 2.24) is 20.5 Å². The normalized spacial score (nSPS) is 24.0. The number of amides is 3. The number of halogens is 1. The number of aromatic nitrogens is 1. The summed E-state index contributed by atoms with van der Waals surface area (Å²) in [6, 6.07) is -1.98. The lowest BCUT2D eigenvalue weighted by atomic mass is 9.99. The lowest BCUT2D eigenvalue weighted by Gasteiger charge is -2.52. The van der Waals surface area contributed by atoms with Crippen molar-refractivity contribution in [2.45, 2.75) is 23.7 Å². The predicted octanol–water partition coefficient (Wildman–Crippen LogP) is -0.0916. The summed E-state index contributed by atoms with van der Waals surface area (Å²) in [7, 11) is 0. The summed E-state index contributed by atoms with van der Waals surface area (Å²) in [6.07, 6.45) is -0.230. The zero-order valence-corrected chi connectivity index (χ0v) is 17.6. The summed E-state index contributed by atoms with van der Waals surface area (Å²) in [5.74, 6) is -2.84. The molecule has 14 heteroatoms. The van der Waals surface area contributed by atoms with E-state index >= 15 is 0 Å². The number of carboxylic acids is 1. The number of β-lactam (4-membered cyclic amide) rings is 1. The fourth-order valence-electron chi connectivity index (χ4n) is 2.85. The number of carboxylic acid groups (broad SMARTS) is 1. The molecule has 11 nitrogen and oxygen atoms in total. The van der Waals surface area contributed by atoms with E-state index in [1.165, 1.54) is 33.5 Å². The SMILES string of the molecule is C=C1CS[C@H]2[C@H](NC(=O)C=NOC(NC(=O)CCl)c3cscn3)C(=O)N2C1C(=O)O. The van der Waals surface area contributed by atoms with Crippen LogP contribution in [-0.2, 0) is 24.0 Å². The van der Waals surface area contributed by atoms with Gasteiger partial charge in [0.15, 0.2) is 6.04 Å². The van der Waals surface area contributed by atoms with Gasteiger partial charge in [0.05, 0.1) is 5.51 Å². The Morgan fingerprint density at radius 2 is 2.30 bits per heavy atom. The van der Waals surface area contributed by atoms with E-state index in [0.29, 0.717) is 17.0 Å². The molecular weight excluding hydrogens is 458 g/mol. The minimum Gasteiger partial charge on any atom is -0.479 e. The van der Waals surface area contributed by atoms with E-state index in [9.17, 15) is 24.3 Å². The molecule has 160 valence electrons. The Bertz CT molecular complexity index is 895. The van der Waals surface area contributed by atoms with Gasteiger partial charge in [0.25, 0.3) is 5.91 Å². The number of nitrogens with zero attached hydrogens (tertiary/aromatic N) is 3. The third-order valence-corrected chi connectivity index (χ3v) is 6.41. The Morgan fingerprint density at radius 3 is 2.93 bits per heavy atom. The van der Waals surface area contributed by atoms with E-state index in [2.05, 4.69) is 27.4 Å². The summed E-state index contributed by atoms with van der Waals surface area (Å²) >= 11 is 8.05. The third kappa shape index (κ3) is 4.57. The number of carbonyl (C=O) groups is 4. The molecule has 0 radical (unpaired) electrons. The number of nitrogens with one attached hydrogen (secondary N) is 2. The molecular formula is C16H16ClN5O6S2. The van der Waals surface area contributed by atoms with Crippen LogP contribution in [0.15, 0.2) is 28.2 Å². The van der Waals surface area contributed by atoms with Gasteiger partial charge < -0.3 is 25.5 Å². The number of hydrogen-bond acceptors (Lipinski definition) is 9. The monoisotopic (exact) mass is 473 g/mol. The Labute approximate surface area is 183 Å². The number of hydrogen-bond donors (Lipinski definition) is 3. The molecule has 1 aromatic heterocycles. The fourth-order valence-corrected chi connectivity index (χ4v) is 4.80. The van der Waals surface area contributed by atoms with Gasteiger partial charge >= 0.3 is 5.97 Å². The first-order valence-corrected chi connectivity index (χ1v) is 10.9. The van der Waals surface area contributed by atoms with Crippen molar-refractivity contribution in [1.29, 1.82) is 0 Å². The molecule has 3 amide bonds. The van der Waals surface area contributed by atoms with Gasteiger partial charge in [0.1, 0.15) is 29.2 Å². The maximum Gasteiger partial charge on any atom is 0.330 e. The van der Waals surface area contributed by atoms with Crippen LogP contribution in [0, 0.1) is 0 Å². The molecule has 3 heterocycles. The molecule has 3 rings (SSSR count). The summed E-state index contributed by atoms with van der Waals surface area (Å²) < 4.78 is 0. The van der Waals surface area contributed by atoms with Crippen LogP contribution in [0.1, 0.15) is 11.9 Å². The average Bonchev–Trinajstić information content (AvgIpc) is 3.25. The van der Waals surface area contributed by atoms with Crippen LogP contribution in [0.4, 0.5) is 0 Å². The van der Waals surface area contributed by atoms with Gasteiger partial charge in [0.2, 0.25) is 18.0 Å². The van der Waals surface area contributed by atoms with Gasteiger partial charge in [0, 0.05) is 11.1 Å². The van der Waals surface area contributed by atoms with Crippen molar-refractivity contribution in [3.63, 3.8) is 0 Å². The number of thiazole rings is 1. The van der Waals surface area contributed by atoms with Crippen molar-refractivity contribution in [2.24, 2.45) is 5.16 Å². The van der Waals surface area contributed by atoms with Crippen LogP contribution in [0.5, 0.6) is 0 Å². The molecule has 2 saturated heterocycles. The van der Waals surface area contributed by atoms with Gasteiger partial charge in [-0.25, -0.2) is 9.78 Å². The van der Waals surface area contributed by atoms with E-state index < -0.39 is 47.4 Å². The van der Waals surface area contributed by atoms with E-state index in [-0.39, 0.29) is 5.88 Å². The second-order valence-corrected chi connectivity index (χ2v) is 8.26. The largest absolute Gasteiger partial charge is 0.479 e. The van der Waals surface area contributed by atoms with Crippen LogP contribution in [-0.4, -0.2) is 74.0 Å². The third-order valence-electron chi connectivity index (χ3n) is 4.19. The molecule has 0 aliphatic carbocycles. The van der Waals surface area contributed by atoms with Crippen LogP contribution in [0.2, 0.25) is 0 Å². The predicted molar refractivity (Wildman–Crippen MR) is 109 cm³/mol. The van der Waals surface area contributed by atoms with Crippen molar-refractivity contribution in [3.8, 4) is 0 Å². The number of rotatable bonds is 8. The molecule has 2 aliphatic rings. The second kappa shape index (κ2) is 9.45. The average molecular weight is 474 g/mol. The highest BCUT2D eigenvalue weighted by molar-refractivity contribution is 8.00. The van der Waals surface area contributed by atoms with Crippen LogP contribution >= 0.6 is 34.7 Å². The fraction of sp³-hybridized carbons (Fsp3) is 0.375. The lowest BCUT2D eigenvalue weighted by Crippen LogP contribution is -2.74. The van der Waals surface area contributed by atoms with Gasteiger partial charge in [-0.05, 0) is 5.57 Å². The zero-order chi connectivity index (χ0) is 21.8. The molecule has 4 atom stereocenters. The molecule has 2 unspecified atom stereocenters. The molecule has 0 aromatic carbocycles. The van der Waals surface area contributed by atoms with Gasteiger partial charge in [-0.15, -0.1) is 34.7 Å². The maximum absolute atomic E-state index is 12.3. The summed E-state index contributed by atoms with van der Waals surface area (Å²) in [5.41, 5.74) is 2.33. The standard InChI is InChI=1S/C16H16ClN5O6S2/c1-7-4-30-15-11(14(25)22(15)12(7)16(26)27)20-10(24)3-19-28-13(21-9(23)2-17)8-5-29-6-18-8/h3,5-6,11-13,15H,1-2,4H2,(H,20,24)(H,21,23)(H,26,27)/t11-,12?,13?,15+/m1/s1.